The minimum atomic E-state index is 1.75. The van der Waals surface area contributed by atoms with Crippen LogP contribution in [-0.2, 0) is 0 Å². The van der Waals surface area contributed by atoms with Crippen molar-refractivity contribution in [2.75, 3.05) is 0 Å². The van der Waals surface area contributed by atoms with E-state index in [0.717, 1.165) is 0 Å². The molecule has 0 saturated heterocycles. The monoisotopic (exact) mass is 54.0 g/mol. The third-order valence-electron chi connectivity index (χ3n) is 0.360. The van der Waals surface area contributed by atoms with Crippen LogP contribution in [0.1, 0.15) is 0 Å². The largest absolute Gasteiger partial charge is 0.238 e. The van der Waals surface area contributed by atoms with Crippen LogP contribution >= 0.6 is 0 Å². The Labute approximate surface area is 24.9 Å². The molecule has 0 aromatic carbocycles. The molecule has 1 aliphatic heterocycles. The van der Waals surface area contributed by atoms with Crippen molar-refractivity contribution in [1.29, 1.82) is 0 Å². The normalized spacial score (nSPS) is 17.5. The highest BCUT2D eigenvalue weighted by molar-refractivity contribution is 5.18. The molecule has 0 aromatic heterocycles. The Morgan fingerprint density at radius 3 is 1.75 bits per heavy atom. The Bertz CT molecular complexity index is 63.4. The van der Waals surface area contributed by atoms with Crippen molar-refractivity contribution >= 4 is 6.72 Å². The lowest BCUT2D eigenvalue weighted by Gasteiger charge is -1.37. The van der Waals surface area contributed by atoms with E-state index in [2.05, 4.69) is 6.72 Å². The summed E-state index contributed by atoms with van der Waals surface area (Å²) in [5, 5.41) is 0. The van der Waals surface area contributed by atoms with Gasteiger partial charge < -0.3 is 0 Å². The molecule has 0 N–H and O–H groups in total. The van der Waals surface area contributed by atoms with E-state index in [1.54, 1.807) is 4.58 Å². The van der Waals surface area contributed by atoms with Crippen molar-refractivity contribution < 1.29 is 4.58 Å². The molecule has 1 nitrogen and oxygen atoms in total. The second kappa shape index (κ2) is 0.246. The van der Waals surface area contributed by atoms with Gasteiger partial charge in [-0.05, 0) is 0 Å². The maximum Gasteiger partial charge on any atom is 0.238 e. The van der Waals surface area contributed by atoms with Crippen LogP contribution in [0.2, 0.25) is 0 Å². The maximum atomic E-state index is 3.47. The second-order valence-electron chi connectivity index (χ2n) is 0.812. The number of rotatable bonds is 0. The average Bonchev–Trinajstić information content (AvgIpc) is 1.75. The highest BCUT2D eigenvalue weighted by atomic mass is 15.0. The molecule has 4 heavy (non-hydrogen) atoms. The van der Waals surface area contributed by atoms with Crippen LogP contribution in [-0.4, -0.2) is 11.3 Å². The van der Waals surface area contributed by atoms with Crippen molar-refractivity contribution in [1.82, 2.24) is 0 Å². The number of hydrogen-bond acceptors (Lipinski definition) is 0. The maximum absolute atomic E-state index is 3.47. The van der Waals surface area contributed by atoms with Crippen molar-refractivity contribution in [3.8, 4) is 0 Å². The first-order valence-electron chi connectivity index (χ1n) is 1.17. The minimum absolute atomic E-state index is 1.75. The highest BCUT2D eigenvalue weighted by Crippen LogP contribution is 1.87. The molecule has 0 aliphatic carbocycles. The van der Waals surface area contributed by atoms with Crippen molar-refractivity contribution in [3.05, 3.63) is 12.4 Å². The average molecular weight is 54.1 g/mol. The summed E-state index contributed by atoms with van der Waals surface area (Å²) in [6.45, 7) is 3.47. The summed E-state index contributed by atoms with van der Waals surface area (Å²) in [4.78, 5) is 0. The summed E-state index contributed by atoms with van der Waals surface area (Å²) in [5.74, 6) is 0. The highest BCUT2D eigenvalue weighted by Gasteiger charge is 2.00. The van der Waals surface area contributed by atoms with Gasteiger partial charge in [0.1, 0.15) is 6.72 Å². The predicted octanol–water partition coefficient (Wildman–Crippen LogP) is 0.184. The molecule has 0 saturated carbocycles. The summed E-state index contributed by atoms with van der Waals surface area (Å²) in [6, 6.07) is 0. The van der Waals surface area contributed by atoms with E-state index in [1.165, 1.54) is 0 Å². The molecular weight excluding hydrogens is 50.0 g/mol. The Morgan fingerprint density at radius 2 is 1.75 bits per heavy atom. The molecular formula is C3H4N+. The first kappa shape index (κ1) is 1.70. The molecule has 0 fully saturated rings. The molecule has 0 amide bonds. The standard InChI is InChI=1S/C3H4N/c1-4-2-3-4/h2-3H,1H2/q+1. The van der Waals surface area contributed by atoms with Gasteiger partial charge in [-0.25, -0.2) is 0 Å². The van der Waals surface area contributed by atoms with Gasteiger partial charge in [0.25, 0.3) is 0 Å². The molecule has 0 atom stereocenters. The molecule has 0 aromatic rings. The van der Waals surface area contributed by atoms with Gasteiger partial charge in [-0.2, -0.15) is 4.58 Å². The van der Waals surface area contributed by atoms with Crippen molar-refractivity contribution in [3.63, 3.8) is 0 Å². The van der Waals surface area contributed by atoms with Crippen LogP contribution in [0.3, 0.4) is 0 Å². The topological polar surface area (TPSA) is 3.01 Å². The van der Waals surface area contributed by atoms with E-state index < -0.39 is 0 Å². The van der Waals surface area contributed by atoms with Crippen LogP contribution in [0.25, 0.3) is 0 Å². The fourth-order valence-corrected chi connectivity index (χ4v) is 0.0471. The second-order valence-corrected chi connectivity index (χ2v) is 0.812. The Morgan fingerprint density at radius 1 is 1.50 bits per heavy atom. The minimum Gasteiger partial charge on any atom is -0.170 e. The third kappa shape index (κ3) is 0.0408. The van der Waals surface area contributed by atoms with Gasteiger partial charge in [0.05, 0.1) is 0 Å². The van der Waals surface area contributed by atoms with Gasteiger partial charge in [0.2, 0.25) is 12.4 Å². The predicted molar refractivity (Wildman–Crippen MR) is 16.5 cm³/mol. The zero-order valence-electron chi connectivity index (χ0n) is 2.31. The Kier molecular flexibility index (Phi) is 0.105. The van der Waals surface area contributed by atoms with E-state index in [4.69, 9.17) is 0 Å². The van der Waals surface area contributed by atoms with E-state index in [-0.39, 0.29) is 0 Å². The van der Waals surface area contributed by atoms with E-state index in [1.807, 2.05) is 12.4 Å². The Hall–Kier alpha value is -0.590. The van der Waals surface area contributed by atoms with E-state index in [0.29, 0.717) is 0 Å². The summed E-state index contributed by atoms with van der Waals surface area (Å²) in [7, 11) is 0. The molecule has 0 bridgehead atoms. The van der Waals surface area contributed by atoms with Crippen LogP contribution in [0, 0.1) is 0 Å². The van der Waals surface area contributed by atoms with Gasteiger partial charge >= 0.3 is 0 Å². The molecule has 0 unspecified atom stereocenters. The van der Waals surface area contributed by atoms with E-state index >= 15 is 0 Å². The molecule has 1 heterocycles. The van der Waals surface area contributed by atoms with Crippen LogP contribution in [0.4, 0.5) is 0 Å². The molecule has 1 rings (SSSR count). The number of hydrogen-bond donors (Lipinski definition) is 0. The van der Waals surface area contributed by atoms with Gasteiger partial charge in [0, 0.05) is 0 Å². The van der Waals surface area contributed by atoms with Gasteiger partial charge in [-0.15, -0.1) is 0 Å². The first-order valence-corrected chi connectivity index (χ1v) is 1.17. The number of nitrogens with zero attached hydrogens (tertiary/aromatic N) is 1. The molecule has 20 valence electrons. The SMILES string of the molecule is C=[N+]1C=C1. The summed E-state index contributed by atoms with van der Waals surface area (Å²) >= 11 is 0. The first-order chi connectivity index (χ1) is 1.89. The van der Waals surface area contributed by atoms with Crippen LogP contribution in [0.15, 0.2) is 12.4 Å². The van der Waals surface area contributed by atoms with Gasteiger partial charge in [-0.3, -0.25) is 0 Å². The lowest BCUT2D eigenvalue weighted by atomic mass is 11.3. The molecule has 1 aliphatic rings. The zero-order chi connectivity index (χ0) is 2.99. The molecule has 0 spiro atoms. The van der Waals surface area contributed by atoms with Gasteiger partial charge in [-0.1, -0.05) is 0 Å². The smallest absolute Gasteiger partial charge is 0.170 e. The Balaban J connectivity index is 2.80. The van der Waals surface area contributed by atoms with Crippen LogP contribution in [0.5, 0.6) is 0 Å². The lowest BCUT2D eigenvalue weighted by molar-refractivity contribution is -0.279. The summed E-state index contributed by atoms with van der Waals surface area (Å²) in [6.07, 6.45) is 3.78. The van der Waals surface area contributed by atoms with E-state index in [9.17, 15) is 0 Å². The van der Waals surface area contributed by atoms with Gasteiger partial charge in [0.15, 0.2) is 0 Å². The molecule has 0 radical (unpaired) electrons. The lowest BCUT2D eigenvalue weighted by Crippen LogP contribution is -1.56. The quantitative estimate of drug-likeness (QED) is 0.347. The molecule has 1 heteroatoms. The van der Waals surface area contributed by atoms with Crippen molar-refractivity contribution in [2.45, 2.75) is 0 Å². The fraction of sp³-hybridized carbons (Fsp3) is 0. The van der Waals surface area contributed by atoms with Crippen molar-refractivity contribution in [2.24, 2.45) is 0 Å². The van der Waals surface area contributed by atoms with Crippen LogP contribution < -0.4 is 0 Å². The fourth-order valence-electron chi connectivity index (χ4n) is 0.0471. The summed E-state index contributed by atoms with van der Waals surface area (Å²) in [5.41, 5.74) is 0. The summed E-state index contributed by atoms with van der Waals surface area (Å²) < 4.78 is 1.75. The third-order valence-corrected chi connectivity index (χ3v) is 0.360. The zero-order valence-corrected chi connectivity index (χ0v) is 2.31.